The molecule has 0 aliphatic carbocycles. The molecular formula is C12H20N4O2S. The maximum atomic E-state index is 11.7. The van der Waals surface area contributed by atoms with E-state index < -0.39 is 0 Å². The van der Waals surface area contributed by atoms with E-state index in [2.05, 4.69) is 9.88 Å². The van der Waals surface area contributed by atoms with Gasteiger partial charge < -0.3 is 15.4 Å². The van der Waals surface area contributed by atoms with E-state index in [0.717, 1.165) is 38.4 Å². The standard InChI is InChI=1S/C12H20N4O2S/c1-9-10(19-12(13)14-9)7-15-3-5-16(6-4-15)11(17)8-18-2/h3-8H2,1-2H3,(H2,13,14). The fraction of sp³-hybridized carbons (Fsp3) is 0.667. The Morgan fingerprint density at radius 3 is 2.63 bits per heavy atom. The summed E-state index contributed by atoms with van der Waals surface area (Å²) in [6, 6.07) is 0. The number of anilines is 1. The molecule has 0 aromatic carbocycles. The third-order valence-electron chi connectivity index (χ3n) is 3.27. The van der Waals surface area contributed by atoms with E-state index in [-0.39, 0.29) is 12.5 Å². The van der Waals surface area contributed by atoms with Crippen molar-refractivity contribution in [1.82, 2.24) is 14.8 Å². The van der Waals surface area contributed by atoms with Crippen molar-refractivity contribution in [3.05, 3.63) is 10.6 Å². The van der Waals surface area contributed by atoms with Gasteiger partial charge in [-0.15, -0.1) is 11.3 Å². The SMILES string of the molecule is COCC(=O)N1CCN(Cc2sc(N)nc2C)CC1. The Labute approximate surface area is 117 Å². The minimum atomic E-state index is 0.0698. The van der Waals surface area contributed by atoms with E-state index in [1.807, 2.05) is 11.8 Å². The molecule has 0 saturated carbocycles. The summed E-state index contributed by atoms with van der Waals surface area (Å²) in [4.78, 5) is 21.3. The molecule has 1 aromatic rings. The van der Waals surface area contributed by atoms with Crippen molar-refractivity contribution in [3.63, 3.8) is 0 Å². The van der Waals surface area contributed by atoms with Crippen LogP contribution < -0.4 is 5.73 Å². The van der Waals surface area contributed by atoms with Crippen molar-refractivity contribution in [2.45, 2.75) is 13.5 Å². The Balaban J connectivity index is 1.83. The molecule has 0 radical (unpaired) electrons. The van der Waals surface area contributed by atoms with Crippen molar-refractivity contribution in [1.29, 1.82) is 0 Å². The van der Waals surface area contributed by atoms with Crippen LogP contribution in [0.4, 0.5) is 5.13 Å². The van der Waals surface area contributed by atoms with Crippen LogP contribution in [0.3, 0.4) is 0 Å². The smallest absolute Gasteiger partial charge is 0.248 e. The first-order valence-corrected chi connectivity index (χ1v) is 7.12. The average Bonchev–Trinajstić information content (AvgIpc) is 2.69. The van der Waals surface area contributed by atoms with Crippen LogP contribution in [0.1, 0.15) is 10.6 Å². The molecule has 2 heterocycles. The second-order valence-corrected chi connectivity index (χ2v) is 5.77. The van der Waals surface area contributed by atoms with Gasteiger partial charge in [0.2, 0.25) is 5.91 Å². The highest BCUT2D eigenvalue weighted by atomic mass is 32.1. The molecule has 0 unspecified atom stereocenters. The van der Waals surface area contributed by atoms with Crippen molar-refractivity contribution in [3.8, 4) is 0 Å². The zero-order chi connectivity index (χ0) is 13.8. The molecule has 0 spiro atoms. The molecule has 1 aliphatic rings. The second-order valence-electron chi connectivity index (χ2n) is 4.65. The van der Waals surface area contributed by atoms with E-state index >= 15 is 0 Å². The van der Waals surface area contributed by atoms with Gasteiger partial charge in [-0.1, -0.05) is 0 Å². The zero-order valence-corrected chi connectivity index (χ0v) is 12.2. The van der Waals surface area contributed by atoms with Gasteiger partial charge in [0.25, 0.3) is 0 Å². The van der Waals surface area contributed by atoms with Gasteiger partial charge in [-0.2, -0.15) is 0 Å². The average molecular weight is 284 g/mol. The van der Waals surface area contributed by atoms with Gasteiger partial charge in [0.1, 0.15) is 6.61 Å². The van der Waals surface area contributed by atoms with Gasteiger partial charge in [0, 0.05) is 44.7 Å². The van der Waals surface area contributed by atoms with Crippen LogP contribution in [-0.4, -0.2) is 60.6 Å². The number of thiazole rings is 1. The van der Waals surface area contributed by atoms with E-state index in [4.69, 9.17) is 10.5 Å². The molecule has 1 aliphatic heterocycles. The number of rotatable bonds is 4. The fourth-order valence-corrected chi connectivity index (χ4v) is 3.05. The number of aromatic nitrogens is 1. The van der Waals surface area contributed by atoms with Crippen LogP contribution in [0.5, 0.6) is 0 Å². The number of aryl methyl sites for hydroxylation is 1. The van der Waals surface area contributed by atoms with Crippen molar-refractivity contribution < 1.29 is 9.53 Å². The van der Waals surface area contributed by atoms with Gasteiger partial charge in [0.05, 0.1) is 5.69 Å². The summed E-state index contributed by atoms with van der Waals surface area (Å²) in [5.74, 6) is 0.0698. The number of carbonyl (C=O) groups is 1. The molecule has 2 N–H and O–H groups in total. The molecule has 106 valence electrons. The number of nitrogens with zero attached hydrogens (tertiary/aromatic N) is 3. The highest BCUT2D eigenvalue weighted by Crippen LogP contribution is 2.21. The molecule has 7 heteroatoms. The van der Waals surface area contributed by atoms with E-state index in [9.17, 15) is 4.79 Å². The first-order chi connectivity index (χ1) is 9.10. The molecule has 6 nitrogen and oxygen atoms in total. The molecular weight excluding hydrogens is 264 g/mol. The first-order valence-electron chi connectivity index (χ1n) is 6.31. The third-order valence-corrected chi connectivity index (χ3v) is 4.24. The molecule has 1 fully saturated rings. The lowest BCUT2D eigenvalue weighted by Crippen LogP contribution is -2.49. The summed E-state index contributed by atoms with van der Waals surface area (Å²) in [5, 5.41) is 0.626. The molecule has 1 saturated heterocycles. The lowest BCUT2D eigenvalue weighted by atomic mass is 10.3. The minimum absolute atomic E-state index is 0.0698. The van der Waals surface area contributed by atoms with Crippen LogP contribution >= 0.6 is 11.3 Å². The predicted octanol–water partition coefficient (Wildman–Crippen LogP) is 0.324. The highest BCUT2D eigenvalue weighted by molar-refractivity contribution is 7.15. The number of nitrogens with two attached hydrogens (primary N) is 1. The Morgan fingerprint density at radius 1 is 1.42 bits per heavy atom. The quantitative estimate of drug-likeness (QED) is 0.862. The Bertz CT molecular complexity index is 441. The molecule has 19 heavy (non-hydrogen) atoms. The van der Waals surface area contributed by atoms with Crippen LogP contribution in [0.25, 0.3) is 0 Å². The van der Waals surface area contributed by atoms with E-state index in [1.165, 1.54) is 4.88 Å². The van der Waals surface area contributed by atoms with Crippen LogP contribution in [-0.2, 0) is 16.1 Å². The van der Waals surface area contributed by atoms with Crippen LogP contribution in [0, 0.1) is 6.92 Å². The molecule has 1 aromatic heterocycles. The van der Waals surface area contributed by atoms with Gasteiger partial charge in [-0.25, -0.2) is 4.98 Å². The van der Waals surface area contributed by atoms with E-state index in [0.29, 0.717) is 5.13 Å². The van der Waals surface area contributed by atoms with Gasteiger partial charge >= 0.3 is 0 Å². The Hall–Kier alpha value is -1.18. The van der Waals surface area contributed by atoms with Crippen molar-refractivity contribution in [2.75, 3.05) is 45.6 Å². The summed E-state index contributed by atoms with van der Waals surface area (Å²) >= 11 is 1.55. The minimum Gasteiger partial charge on any atom is -0.375 e. The van der Waals surface area contributed by atoms with Gasteiger partial charge in [-0.05, 0) is 6.92 Å². The topological polar surface area (TPSA) is 71.7 Å². The lowest BCUT2D eigenvalue weighted by Gasteiger charge is -2.34. The maximum Gasteiger partial charge on any atom is 0.248 e. The largest absolute Gasteiger partial charge is 0.375 e. The number of hydrogen-bond donors (Lipinski definition) is 1. The van der Waals surface area contributed by atoms with Crippen molar-refractivity contribution >= 4 is 22.4 Å². The number of hydrogen-bond acceptors (Lipinski definition) is 6. The monoisotopic (exact) mass is 284 g/mol. The molecule has 0 bridgehead atoms. The van der Waals surface area contributed by atoms with Gasteiger partial charge in [0.15, 0.2) is 5.13 Å². The van der Waals surface area contributed by atoms with Crippen LogP contribution in [0.2, 0.25) is 0 Å². The van der Waals surface area contributed by atoms with Crippen molar-refractivity contribution in [2.24, 2.45) is 0 Å². The maximum absolute atomic E-state index is 11.7. The summed E-state index contributed by atoms with van der Waals surface area (Å²) in [6.45, 7) is 6.31. The number of nitrogen functional groups attached to an aromatic ring is 1. The summed E-state index contributed by atoms with van der Waals surface area (Å²) < 4.78 is 4.87. The second kappa shape index (κ2) is 6.31. The summed E-state index contributed by atoms with van der Waals surface area (Å²) in [6.07, 6.45) is 0. The highest BCUT2D eigenvalue weighted by Gasteiger charge is 2.21. The predicted molar refractivity (Wildman–Crippen MR) is 75.0 cm³/mol. The van der Waals surface area contributed by atoms with Gasteiger partial charge in [-0.3, -0.25) is 9.69 Å². The lowest BCUT2D eigenvalue weighted by molar-refractivity contribution is -0.136. The number of ether oxygens (including phenoxy) is 1. The number of methoxy groups -OCH3 is 1. The third kappa shape index (κ3) is 3.65. The number of carbonyl (C=O) groups excluding carboxylic acids is 1. The fourth-order valence-electron chi connectivity index (χ4n) is 2.17. The molecule has 2 rings (SSSR count). The normalized spacial score (nSPS) is 16.8. The Morgan fingerprint density at radius 2 is 2.11 bits per heavy atom. The number of piperazine rings is 1. The Kier molecular flexibility index (Phi) is 4.73. The molecule has 0 atom stereocenters. The van der Waals surface area contributed by atoms with Crippen LogP contribution in [0.15, 0.2) is 0 Å². The number of amides is 1. The molecule has 1 amide bonds. The summed E-state index contributed by atoms with van der Waals surface area (Å²) in [5.41, 5.74) is 6.72. The first kappa shape index (κ1) is 14.2. The van der Waals surface area contributed by atoms with E-state index in [1.54, 1.807) is 18.4 Å². The zero-order valence-electron chi connectivity index (χ0n) is 11.4. The summed E-state index contributed by atoms with van der Waals surface area (Å²) in [7, 11) is 1.55.